The number of pyridine rings is 1. The van der Waals surface area contributed by atoms with Gasteiger partial charge in [-0.3, -0.25) is 0 Å². The lowest BCUT2D eigenvalue weighted by Gasteiger charge is -2.10. The van der Waals surface area contributed by atoms with Crippen molar-refractivity contribution in [1.29, 1.82) is 0 Å². The fourth-order valence-corrected chi connectivity index (χ4v) is 2.41. The summed E-state index contributed by atoms with van der Waals surface area (Å²) in [4.78, 5) is 4.24. The molecule has 2 aromatic rings. The minimum atomic E-state index is 0.644. The Kier molecular flexibility index (Phi) is 4.68. The van der Waals surface area contributed by atoms with Crippen LogP contribution in [-0.2, 0) is 0 Å². The molecule has 0 atom stereocenters. The number of aromatic nitrogens is 1. The molecule has 0 aliphatic carbocycles. The van der Waals surface area contributed by atoms with Crippen LogP contribution in [0.2, 0.25) is 0 Å². The molecule has 0 aliphatic rings. The lowest BCUT2D eigenvalue weighted by Crippen LogP contribution is -2.02. The van der Waals surface area contributed by atoms with Gasteiger partial charge in [0.25, 0.3) is 0 Å². The first kappa shape index (κ1) is 13.7. The Balaban J connectivity index is 1.84. The Morgan fingerprint density at radius 3 is 2.89 bits per heavy atom. The molecule has 1 aromatic heterocycles. The Morgan fingerprint density at radius 1 is 1.26 bits per heavy atom. The van der Waals surface area contributed by atoms with Crippen LogP contribution in [0.15, 0.2) is 41.6 Å². The average molecular weight is 274 g/mol. The van der Waals surface area contributed by atoms with E-state index in [1.807, 2.05) is 12.1 Å². The van der Waals surface area contributed by atoms with E-state index in [9.17, 15) is 0 Å². The van der Waals surface area contributed by atoms with Crippen LogP contribution in [0.1, 0.15) is 11.1 Å². The summed E-state index contributed by atoms with van der Waals surface area (Å²) in [6.45, 7) is 4.76. The number of hydrogen-bond acceptors (Lipinski definition) is 4. The highest BCUT2D eigenvalue weighted by molar-refractivity contribution is 7.99. The third-order valence-corrected chi connectivity index (χ3v) is 3.71. The summed E-state index contributed by atoms with van der Waals surface area (Å²) in [5, 5.41) is 0.868. The summed E-state index contributed by atoms with van der Waals surface area (Å²) in [6.07, 6.45) is 1.75. The van der Waals surface area contributed by atoms with E-state index in [1.165, 1.54) is 5.56 Å². The number of anilines is 1. The van der Waals surface area contributed by atoms with Crippen LogP contribution in [0, 0.1) is 13.8 Å². The van der Waals surface area contributed by atoms with E-state index in [4.69, 9.17) is 10.5 Å². The number of benzene rings is 1. The number of thioether (sulfide) groups is 1. The molecule has 0 unspecified atom stereocenters. The highest BCUT2D eigenvalue weighted by Gasteiger charge is 2.02. The van der Waals surface area contributed by atoms with Gasteiger partial charge in [0.05, 0.1) is 12.3 Å². The van der Waals surface area contributed by atoms with Crippen molar-refractivity contribution in [3.8, 4) is 5.75 Å². The van der Waals surface area contributed by atoms with E-state index in [1.54, 1.807) is 18.0 Å². The second-order valence-corrected chi connectivity index (χ2v) is 5.45. The van der Waals surface area contributed by atoms with Crippen LogP contribution in [0.3, 0.4) is 0 Å². The molecule has 3 nitrogen and oxygen atoms in total. The number of rotatable bonds is 5. The molecule has 0 spiro atoms. The molecule has 1 aromatic carbocycles. The van der Waals surface area contributed by atoms with Gasteiger partial charge in [0.15, 0.2) is 0 Å². The highest BCUT2D eigenvalue weighted by Crippen LogP contribution is 2.23. The molecule has 0 radical (unpaired) electrons. The summed E-state index contributed by atoms with van der Waals surface area (Å²) in [6, 6.07) is 9.93. The van der Waals surface area contributed by atoms with Gasteiger partial charge in [-0.25, -0.2) is 4.98 Å². The van der Waals surface area contributed by atoms with Crippen molar-refractivity contribution in [3.05, 3.63) is 47.7 Å². The molecule has 0 aliphatic heterocycles. The lowest BCUT2D eigenvalue weighted by molar-refractivity contribution is 0.341. The van der Waals surface area contributed by atoms with E-state index in [2.05, 4.69) is 37.0 Å². The maximum atomic E-state index is 5.83. The number of ether oxygens (including phenoxy) is 1. The fourth-order valence-electron chi connectivity index (χ4n) is 1.68. The second-order valence-electron chi connectivity index (χ2n) is 4.36. The number of nitrogens with zero attached hydrogens (tertiary/aromatic N) is 1. The molecular formula is C15H18N2OS. The van der Waals surface area contributed by atoms with Gasteiger partial charge < -0.3 is 10.5 Å². The monoisotopic (exact) mass is 274 g/mol. The minimum absolute atomic E-state index is 0.644. The summed E-state index contributed by atoms with van der Waals surface area (Å²) in [7, 11) is 0. The fraction of sp³-hybridized carbons (Fsp3) is 0.267. The highest BCUT2D eigenvalue weighted by atomic mass is 32.2. The lowest BCUT2D eigenvalue weighted by atomic mass is 10.1. The molecule has 2 rings (SSSR count). The van der Waals surface area contributed by atoms with Gasteiger partial charge in [-0.2, -0.15) is 0 Å². The SMILES string of the molecule is Cc1ccc(C)c(OCCSc2ncccc2N)c1. The molecule has 19 heavy (non-hydrogen) atoms. The summed E-state index contributed by atoms with van der Waals surface area (Å²) in [5.41, 5.74) is 8.93. The van der Waals surface area contributed by atoms with Crippen LogP contribution in [-0.4, -0.2) is 17.3 Å². The third-order valence-electron chi connectivity index (χ3n) is 2.72. The van der Waals surface area contributed by atoms with Gasteiger partial charge in [-0.05, 0) is 43.2 Å². The third kappa shape index (κ3) is 3.89. The maximum absolute atomic E-state index is 5.83. The molecule has 0 saturated heterocycles. The zero-order valence-corrected chi connectivity index (χ0v) is 12.0. The Labute approximate surface area is 118 Å². The smallest absolute Gasteiger partial charge is 0.122 e. The molecule has 0 saturated carbocycles. The van der Waals surface area contributed by atoms with Crippen LogP contribution >= 0.6 is 11.8 Å². The van der Waals surface area contributed by atoms with Crippen LogP contribution in [0.4, 0.5) is 5.69 Å². The first-order valence-electron chi connectivity index (χ1n) is 6.20. The summed E-state index contributed by atoms with van der Waals surface area (Å²) >= 11 is 1.62. The Morgan fingerprint density at radius 2 is 2.11 bits per heavy atom. The van der Waals surface area contributed by atoms with Crippen molar-refractivity contribution >= 4 is 17.4 Å². The summed E-state index contributed by atoms with van der Waals surface area (Å²) < 4.78 is 5.79. The number of nitrogen functional groups attached to an aromatic ring is 1. The molecular weight excluding hydrogens is 256 g/mol. The van der Waals surface area contributed by atoms with E-state index in [0.29, 0.717) is 6.61 Å². The van der Waals surface area contributed by atoms with E-state index < -0.39 is 0 Å². The number of aryl methyl sites for hydroxylation is 2. The topological polar surface area (TPSA) is 48.1 Å². The van der Waals surface area contributed by atoms with Gasteiger partial charge in [0, 0.05) is 11.9 Å². The number of nitrogens with two attached hydrogens (primary N) is 1. The van der Waals surface area contributed by atoms with Crippen LogP contribution < -0.4 is 10.5 Å². The first-order valence-corrected chi connectivity index (χ1v) is 7.19. The van der Waals surface area contributed by atoms with Crippen LogP contribution in [0.25, 0.3) is 0 Å². The van der Waals surface area contributed by atoms with E-state index >= 15 is 0 Å². The zero-order valence-electron chi connectivity index (χ0n) is 11.2. The Bertz CT molecular complexity index is 558. The number of hydrogen-bond donors (Lipinski definition) is 1. The standard InChI is InChI=1S/C15H18N2OS/c1-11-5-6-12(2)14(10-11)18-8-9-19-15-13(16)4-3-7-17-15/h3-7,10H,8-9,16H2,1-2H3. The van der Waals surface area contributed by atoms with Crippen molar-refractivity contribution in [2.45, 2.75) is 18.9 Å². The minimum Gasteiger partial charge on any atom is -0.492 e. The molecule has 2 N–H and O–H groups in total. The predicted molar refractivity (Wildman–Crippen MR) is 80.8 cm³/mol. The van der Waals surface area contributed by atoms with Crippen molar-refractivity contribution < 1.29 is 4.74 Å². The quantitative estimate of drug-likeness (QED) is 0.670. The van der Waals surface area contributed by atoms with E-state index in [0.717, 1.165) is 27.8 Å². The zero-order chi connectivity index (χ0) is 13.7. The van der Waals surface area contributed by atoms with Gasteiger partial charge >= 0.3 is 0 Å². The van der Waals surface area contributed by atoms with Gasteiger partial charge in [-0.1, -0.05) is 12.1 Å². The molecule has 1 heterocycles. The van der Waals surface area contributed by atoms with Crippen molar-refractivity contribution in [2.75, 3.05) is 18.1 Å². The molecule has 0 amide bonds. The first-order chi connectivity index (χ1) is 9.16. The second kappa shape index (κ2) is 6.48. The van der Waals surface area contributed by atoms with Crippen molar-refractivity contribution in [3.63, 3.8) is 0 Å². The molecule has 0 bridgehead atoms. The van der Waals surface area contributed by atoms with Crippen molar-refractivity contribution in [2.24, 2.45) is 0 Å². The van der Waals surface area contributed by atoms with Gasteiger partial charge in [0.2, 0.25) is 0 Å². The molecule has 100 valence electrons. The molecule has 0 fully saturated rings. The average Bonchev–Trinajstić information content (AvgIpc) is 2.40. The maximum Gasteiger partial charge on any atom is 0.122 e. The largest absolute Gasteiger partial charge is 0.492 e. The normalized spacial score (nSPS) is 10.4. The predicted octanol–water partition coefficient (Wildman–Crippen LogP) is 3.45. The van der Waals surface area contributed by atoms with Crippen LogP contribution in [0.5, 0.6) is 5.75 Å². The molecule has 4 heteroatoms. The Hall–Kier alpha value is -1.68. The van der Waals surface area contributed by atoms with Gasteiger partial charge in [-0.15, -0.1) is 11.8 Å². The summed E-state index contributed by atoms with van der Waals surface area (Å²) in [5.74, 6) is 1.78. The van der Waals surface area contributed by atoms with Crippen molar-refractivity contribution in [1.82, 2.24) is 4.98 Å². The van der Waals surface area contributed by atoms with E-state index in [-0.39, 0.29) is 0 Å². The van der Waals surface area contributed by atoms with Gasteiger partial charge in [0.1, 0.15) is 10.8 Å².